The maximum Gasteiger partial charge on any atom is 0.150 e. The van der Waals surface area contributed by atoms with E-state index >= 15 is 0 Å². The molecule has 0 atom stereocenters. The van der Waals surface area contributed by atoms with Gasteiger partial charge in [-0.1, -0.05) is 29.5 Å². The topological polar surface area (TPSA) is 67.6 Å². The Balaban J connectivity index is 2.15. The van der Waals surface area contributed by atoms with E-state index in [1.54, 1.807) is 11.3 Å². The molecule has 18 heavy (non-hydrogen) atoms. The molecule has 4 nitrogen and oxygen atoms in total. The monoisotopic (exact) mass is 258 g/mol. The second-order valence-corrected chi connectivity index (χ2v) is 5.27. The molecule has 92 valence electrons. The molecule has 0 radical (unpaired) electrons. The molecule has 3 aromatic rings. The average Bonchev–Trinajstić information content (AvgIpc) is 2.92. The Kier molecular flexibility index (Phi) is 2.85. The van der Waals surface area contributed by atoms with Crippen LogP contribution in [-0.2, 0) is 6.42 Å². The van der Waals surface area contributed by atoms with E-state index < -0.39 is 0 Å². The highest BCUT2D eigenvalue weighted by molar-refractivity contribution is 7.14. The van der Waals surface area contributed by atoms with Gasteiger partial charge in [0.1, 0.15) is 10.0 Å². The van der Waals surface area contributed by atoms with Crippen molar-refractivity contribution in [1.29, 1.82) is 0 Å². The molecule has 0 saturated carbocycles. The van der Waals surface area contributed by atoms with Crippen molar-refractivity contribution in [1.82, 2.24) is 15.2 Å². The van der Waals surface area contributed by atoms with E-state index in [4.69, 9.17) is 5.73 Å². The van der Waals surface area contributed by atoms with Crippen LogP contribution in [0.15, 0.2) is 24.3 Å². The Morgan fingerprint density at radius 2 is 2.11 bits per heavy atom. The fourth-order valence-electron chi connectivity index (χ4n) is 2.13. The number of fused-ring (bicyclic) bond motifs is 1. The number of hydrogen-bond acceptors (Lipinski definition) is 4. The summed E-state index contributed by atoms with van der Waals surface area (Å²) in [6, 6.07) is 8.26. The molecule has 3 rings (SSSR count). The molecule has 0 aliphatic heterocycles. The first-order valence-electron chi connectivity index (χ1n) is 5.89. The van der Waals surface area contributed by atoms with Crippen molar-refractivity contribution in [3.8, 4) is 10.6 Å². The minimum atomic E-state index is 0.613. The van der Waals surface area contributed by atoms with Crippen LogP contribution in [0.25, 0.3) is 21.5 Å². The van der Waals surface area contributed by atoms with Crippen LogP contribution in [-0.4, -0.2) is 21.7 Å². The highest BCUT2D eigenvalue weighted by Crippen LogP contribution is 2.33. The maximum absolute atomic E-state index is 5.54. The van der Waals surface area contributed by atoms with Crippen molar-refractivity contribution < 1.29 is 0 Å². The molecule has 1 aromatic carbocycles. The zero-order chi connectivity index (χ0) is 12.5. The molecule has 0 saturated heterocycles. The van der Waals surface area contributed by atoms with Crippen LogP contribution in [0.2, 0.25) is 0 Å². The first kappa shape index (κ1) is 11.4. The lowest BCUT2D eigenvalue weighted by molar-refractivity contribution is 0.913. The number of aryl methyl sites for hydroxylation is 1. The minimum Gasteiger partial charge on any atom is -0.358 e. The number of hydrogen-bond donors (Lipinski definition) is 2. The first-order chi connectivity index (χ1) is 8.79. The number of nitrogens with one attached hydrogen (secondary N) is 1. The van der Waals surface area contributed by atoms with E-state index in [0.717, 1.165) is 33.2 Å². The van der Waals surface area contributed by atoms with E-state index in [-0.39, 0.29) is 0 Å². The summed E-state index contributed by atoms with van der Waals surface area (Å²) < 4.78 is 0. The highest BCUT2D eigenvalue weighted by atomic mass is 32.1. The standard InChI is InChI=1S/C13H14N4S/c1-8-12(9-4-2-3-5-10(9)15-8)13-17-16-11(18-13)6-7-14/h2-5,15H,6-7,14H2,1H3. The second kappa shape index (κ2) is 4.51. The number of rotatable bonds is 3. The fraction of sp³-hybridized carbons (Fsp3) is 0.231. The number of H-pyrrole nitrogens is 1. The predicted octanol–water partition coefficient (Wildman–Crippen LogP) is 2.50. The van der Waals surface area contributed by atoms with Gasteiger partial charge in [0.2, 0.25) is 0 Å². The number of nitrogens with two attached hydrogens (primary N) is 1. The molecule has 0 fully saturated rings. The molecule has 3 N–H and O–H groups in total. The summed E-state index contributed by atoms with van der Waals surface area (Å²) in [7, 11) is 0. The number of para-hydroxylation sites is 1. The van der Waals surface area contributed by atoms with Gasteiger partial charge in [-0.2, -0.15) is 0 Å². The predicted molar refractivity (Wildman–Crippen MR) is 74.7 cm³/mol. The third-order valence-electron chi connectivity index (χ3n) is 2.93. The summed E-state index contributed by atoms with van der Waals surface area (Å²) in [5.41, 5.74) is 8.97. The Hall–Kier alpha value is -1.72. The molecule has 0 aliphatic carbocycles. The molecular weight excluding hydrogens is 244 g/mol. The summed E-state index contributed by atoms with van der Waals surface area (Å²) >= 11 is 1.62. The Bertz CT molecular complexity index is 683. The molecule has 0 unspecified atom stereocenters. The van der Waals surface area contributed by atoms with Crippen molar-refractivity contribution in [2.24, 2.45) is 5.73 Å². The van der Waals surface area contributed by atoms with Gasteiger partial charge < -0.3 is 10.7 Å². The van der Waals surface area contributed by atoms with Crippen LogP contribution >= 0.6 is 11.3 Å². The van der Waals surface area contributed by atoms with Crippen LogP contribution in [0, 0.1) is 6.92 Å². The molecule has 0 amide bonds. The van der Waals surface area contributed by atoms with Crippen LogP contribution in [0.3, 0.4) is 0 Å². The highest BCUT2D eigenvalue weighted by Gasteiger charge is 2.14. The lowest BCUT2D eigenvalue weighted by Crippen LogP contribution is -2.01. The van der Waals surface area contributed by atoms with Crippen molar-refractivity contribution >= 4 is 22.2 Å². The number of benzene rings is 1. The molecular formula is C13H14N4S. The maximum atomic E-state index is 5.54. The molecule has 2 aromatic heterocycles. The Morgan fingerprint density at radius 1 is 1.28 bits per heavy atom. The van der Waals surface area contributed by atoms with E-state index in [0.29, 0.717) is 6.54 Å². The number of aromatic nitrogens is 3. The van der Waals surface area contributed by atoms with E-state index in [9.17, 15) is 0 Å². The fourth-order valence-corrected chi connectivity index (χ4v) is 3.10. The average molecular weight is 258 g/mol. The first-order valence-corrected chi connectivity index (χ1v) is 6.71. The smallest absolute Gasteiger partial charge is 0.150 e. The van der Waals surface area contributed by atoms with Crippen molar-refractivity contribution in [3.63, 3.8) is 0 Å². The van der Waals surface area contributed by atoms with Crippen LogP contribution in [0.4, 0.5) is 0 Å². The Labute approximate surface area is 109 Å². The van der Waals surface area contributed by atoms with E-state index in [1.165, 1.54) is 5.39 Å². The number of aromatic amines is 1. The van der Waals surface area contributed by atoms with E-state index in [1.807, 2.05) is 12.1 Å². The zero-order valence-electron chi connectivity index (χ0n) is 10.1. The third kappa shape index (κ3) is 1.81. The van der Waals surface area contributed by atoms with Crippen LogP contribution in [0.1, 0.15) is 10.7 Å². The van der Waals surface area contributed by atoms with Gasteiger partial charge in [0.15, 0.2) is 0 Å². The van der Waals surface area contributed by atoms with Crippen LogP contribution in [0.5, 0.6) is 0 Å². The summed E-state index contributed by atoms with van der Waals surface area (Å²) in [5, 5.41) is 11.6. The second-order valence-electron chi connectivity index (χ2n) is 4.21. The minimum absolute atomic E-state index is 0.613. The van der Waals surface area contributed by atoms with Gasteiger partial charge in [0, 0.05) is 28.6 Å². The third-order valence-corrected chi connectivity index (χ3v) is 3.93. The van der Waals surface area contributed by atoms with Gasteiger partial charge in [-0.3, -0.25) is 0 Å². The van der Waals surface area contributed by atoms with Gasteiger partial charge in [-0.25, -0.2) is 0 Å². The summed E-state index contributed by atoms with van der Waals surface area (Å²) in [6.45, 7) is 2.68. The summed E-state index contributed by atoms with van der Waals surface area (Å²) in [4.78, 5) is 3.38. The summed E-state index contributed by atoms with van der Waals surface area (Å²) in [6.07, 6.45) is 0.791. The van der Waals surface area contributed by atoms with Gasteiger partial charge in [-0.15, -0.1) is 10.2 Å². The van der Waals surface area contributed by atoms with Gasteiger partial charge >= 0.3 is 0 Å². The quantitative estimate of drug-likeness (QED) is 0.758. The lowest BCUT2D eigenvalue weighted by Gasteiger charge is -1.94. The van der Waals surface area contributed by atoms with Crippen molar-refractivity contribution in [2.75, 3.05) is 6.54 Å². The van der Waals surface area contributed by atoms with Gasteiger partial charge in [0.05, 0.1) is 0 Å². The molecule has 2 heterocycles. The molecule has 0 bridgehead atoms. The summed E-state index contributed by atoms with van der Waals surface area (Å²) in [5.74, 6) is 0. The molecule has 0 spiro atoms. The zero-order valence-corrected chi connectivity index (χ0v) is 10.9. The van der Waals surface area contributed by atoms with Gasteiger partial charge in [0.25, 0.3) is 0 Å². The normalized spacial score (nSPS) is 11.2. The SMILES string of the molecule is Cc1[nH]c2ccccc2c1-c1nnc(CCN)s1. The van der Waals surface area contributed by atoms with Gasteiger partial charge in [-0.05, 0) is 19.5 Å². The molecule has 5 heteroatoms. The van der Waals surface area contributed by atoms with Crippen molar-refractivity contribution in [3.05, 3.63) is 35.0 Å². The number of nitrogens with zero attached hydrogens (tertiary/aromatic N) is 2. The van der Waals surface area contributed by atoms with Crippen molar-refractivity contribution in [2.45, 2.75) is 13.3 Å². The largest absolute Gasteiger partial charge is 0.358 e. The Morgan fingerprint density at radius 3 is 2.94 bits per heavy atom. The van der Waals surface area contributed by atoms with E-state index in [2.05, 4.69) is 34.2 Å². The molecule has 0 aliphatic rings. The lowest BCUT2D eigenvalue weighted by atomic mass is 10.1. The van der Waals surface area contributed by atoms with Crippen LogP contribution < -0.4 is 5.73 Å².